The van der Waals surface area contributed by atoms with E-state index in [9.17, 15) is 0 Å². The van der Waals surface area contributed by atoms with E-state index in [1.165, 1.54) is 0 Å². The number of aromatic nitrogens is 2. The van der Waals surface area contributed by atoms with Gasteiger partial charge in [-0.05, 0) is 18.6 Å². The Morgan fingerprint density at radius 3 is 3.00 bits per heavy atom. The van der Waals surface area contributed by atoms with Crippen molar-refractivity contribution in [2.75, 3.05) is 12.3 Å². The lowest BCUT2D eigenvalue weighted by Crippen LogP contribution is -1.96. The van der Waals surface area contributed by atoms with Crippen LogP contribution in [0.1, 0.15) is 13.3 Å². The molecule has 2 rings (SSSR count). The third-order valence-electron chi connectivity index (χ3n) is 2.37. The molecule has 0 radical (unpaired) electrons. The molecule has 0 aliphatic heterocycles. The summed E-state index contributed by atoms with van der Waals surface area (Å²) in [6, 6.07) is 5.86. The monoisotopic (exact) mass is 205 g/mol. The third-order valence-corrected chi connectivity index (χ3v) is 2.37. The fraction of sp³-hybridized carbons (Fsp3) is 0.364. The summed E-state index contributed by atoms with van der Waals surface area (Å²) in [7, 11) is 1.90. The van der Waals surface area contributed by atoms with Crippen LogP contribution in [0.15, 0.2) is 18.2 Å². The second kappa shape index (κ2) is 3.81. The topological polar surface area (TPSA) is 53.1 Å². The number of fused-ring (bicyclic) bond motifs is 1. The summed E-state index contributed by atoms with van der Waals surface area (Å²) in [5, 5.41) is 0. The van der Waals surface area contributed by atoms with Crippen LogP contribution in [-0.2, 0) is 7.05 Å². The molecule has 0 aliphatic carbocycles. The molecule has 0 unspecified atom stereocenters. The average molecular weight is 205 g/mol. The molecule has 0 saturated carbocycles. The molecule has 80 valence electrons. The maximum Gasteiger partial charge on any atom is 0.201 e. The molecular formula is C11H15N3O. The van der Waals surface area contributed by atoms with Gasteiger partial charge in [-0.1, -0.05) is 13.0 Å². The van der Waals surface area contributed by atoms with Gasteiger partial charge in [-0.2, -0.15) is 0 Å². The van der Waals surface area contributed by atoms with E-state index in [4.69, 9.17) is 10.5 Å². The van der Waals surface area contributed by atoms with Gasteiger partial charge in [0.15, 0.2) is 0 Å². The smallest absolute Gasteiger partial charge is 0.201 e. The Morgan fingerprint density at radius 1 is 1.47 bits per heavy atom. The van der Waals surface area contributed by atoms with E-state index < -0.39 is 0 Å². The Labute approximate surface area is 88.7 Å². The molecule has 0 saturated heterocycles. The van der Waals surface area contributed by atoms with E-state index in [2.05, 4.69) is 11.9 Å². The SMILES string of the molecule is CCCOc1cccc2c1nc(N)n2C. The number of aryl methyl sites for hydroxylation is 1. The Morgan fingerprint density at radius 2 is 2.27 bits per heavy atom. The van der Waals surface area contributed by atoms with Crippen LogP contribution in [0.25, 0.3) is 11.0 Å². The number of nitrogen functional groups attached to an aromatic ring is 1. The van der Waals surface area contributed by atoms with Crippen molar-refractivity contribution in [1.82, 2.24) is 9.55 Å². The zero-order chi connectivity index (χ0) is 10.8. The van der Waals surface area contributed by atoms with E-state index in [1.807, 2.05) is 29.8 Å². The van der Waals surface area contributed by atoms with Crippen LogP contribution in [0.5, 0.6) is 5.75 Å². The Hall–Kier alpha value is -1.71. The van der Waals surface area contributed by atoms with Crippen LogP contribution in [-0.4, -0.2) is 16.2 Å². The highest BCUT2D eigenvalue weighted by atomic mass is 16.5. The lowest BCUT2D eigenvalue weighted by atomic mass is 10.3. The largest absolute Gasteiger partial charge is 0.491 e. The lowest BCUT2D eigenvalue weighted by Gasteiger charge is -2.04. The minimum atomic E-state index is 0.512. The standard InChI is InChI=1S/C11H15N3O/c1-3-7-15-9-6-4-5-8-10(9)13-11(12)14(8)2/h4-6H,3,7H2,1-2H3,(H2,12,13). The van der Waals surface area contributed by atoms with Gasteiger partial charge in [-0.3, -0.25) is 0 Å². The van der Waals surface area contributed by atoms with Gasteiger partial charge in [0, 0.05) is 7.05 Å². The number of nitrogens with two attached hydrogens (primary N) is 1. The highest BCUT2D eigenvalue weighted by Gasteiger charge is 2.09. The maximum atomic E-state index is 5.75. The molecule has 4 heteroatoms. The summed E-state index contributed by atoms with van der Waals surface area (Å²) in [5.41, 5.74) is 7.59. The second-order valence-corrected chi connectivity index (χ2v) is 3.50. The van der Waals surface area contributed by atoms with Crippen molar-refractivity contribution in [2.24, 2.45) is 7.05 Å². The molecule has 2 aromatic rings. The number of imidazole rings is 1. The van der Waals surface area contributed by atoms with Crippen LogP contribution in [0.3, 0.4) is 0 Å². The molecule has 0 fully saturated rings. The van der Waals surface area contributed by atoms with Crippen molar-refractivity contribution >= 4 is 17.0 Å². The molecule has 0 spiro atoms. The van der Waals surface area contributed by atoms with Crippen molar-refractivity contribution in [3.8, 4) is 5.75 Å². The minimum Gasteiger partial charge on any atom is -0.491 e. The normalized spacial score (nSPS) is 10.8. The molecule has 1 aromatic heterocycles. The van der Waals surface area contributed by atoms with E-state index in [0.29, 0.717) is 12.6 Å². The number of para-hydroxylation sites is 1. The first-order valence-electron chi connectivity index (χ1n) is 5.07. The molecule has 0 aliphatic rings. The maximum absolute atomic E-state index is 5.75. The fourth-order valence-corrected chi connectivity index (χ4v) is 1.54. The third kappa shape index (κ3) is 1.63. The molecular weight excluding hydrogens is 190 g/mol. The Balaban J connectivity index is 2.51. The molecule has 1 aromatic carbocycles. The summed E-state index contributed by atoms with van der Waals surface area (Å²) in [5.74, 6) is 1.32. The number of ether oxygens (including phenoxy) is 1. The van der Waals surface area contributed by atoms with Gasteiger partial charge in [-0.15, -0.1) is 0 Å². The summed E-state index contributed by atoms with van der Waals surface area (Å²) in [6.07, 6.45) is 0.985. The Kier molecular flexibility index (Phi) is 2.49. The summed E-state index contributed by atoms with van der Waals surface area (Å²) < 4.78 is 7.46. The summed E-state index contributed by atoms with van der Waals surface area (Å²) in [6.45, 7) is 2.78. The van der Waals surface area contributed by atoms with E-state index in [0.717, 1.165) is 23.2 Å². The molecule has 0 amide bonds. The number of anilines is 1. The number of hydrogen-bond acceptors (Lipinski definition) is 3. The van der Waals surface area contributed by atoms with Crippen molar-refractivity contribution in [2.45, 2.75) is 13.3 Å². The molecule has 15 heavy (non-hydrogen) atoms. The van der Waals surface area contributed by atoms with Crippen molar-refractivity contribution in [1.29, 1.82) is 0 Å². The molecule has 0 bridgehead atoms. The van der Waals surface area contributed by atoms with Crippen molar-refractivity contribution in [3.63, 3.8) is 0 Å². The highest BCUT2D eigenvalue weighted by molar-refractivity contribution is 5.84. The van der Waals surface area contributed by atoms with Gasteiger partial charge in [-0.25, -0.2) is 4.98 Å². The minimum absolute atomic E-state index is 0.512. The highest BCUT2D eigenvalue weighted by Crippen LogP contribution is 2.26. The van der Waals surface area contributed by atoms with Crippen LogP contribution >= 0.6 is 0 Å². The van der Waals surface area contributed by atoms with E-state index in [1.54, 1.807) is 0 Å². The van der Waals surface area contributed by atoms with Crippen LogP contribution < -0.4 is 10.5 Å². The Bertz CT molecular complexity index is 476. The number of nitrogens with zero attached hydrogens (tertiary/aromatic N) is 2. The van der Waals surface area contributed by atoms with Gasteiger partial charge in [0.2, 0.25) is 5.95 Å². The van der Waals surface area contributed by atoms with Crippen LogP contribution in [0.2, 0.25) is 0 Å². The van der Waals surface area contributed by atoms with Crippen LogP contribution in [0.4, 0.5) is 5.95 Å². The van der Waals surface area contributed by atoms with Gasteiger partial charge < -0.3 is 15.0 Å². The number of benzene rings is 1. The zero-order valence-corrected chi connectivity index (χ0v) is 9.03. The second-order valence-electron chi connectivity index (χ2n) is 3.50. The molecule has 0 atom stereocenters. The average Bonchev–Trinajstić information content (AvgIpc) is 2.53. The quantitative estimate of drug-likeness (QED) is 0.833. The van der Waals surface area contributed by atoms with Crippen molar-refractivity contribution in [3.05, 3.63) is 18.2 Å². The summed E-state index contributed by atoms with van der Waals surface area (Å²) >= 11 is 0. The molecule has 4 nitrogen and oxygen atoms in total. The first-order chi connectivity index (χ1) is 7.24. The zero-order valence-electron chi connectivity index (χ0n) is 9.03. The fourth-order valence-electron chi connectivity index (χ4n) is 1.54. The first-order valence-corrected chi connectivity index (χ1v) is 5.07. The van der Waals surface area contributed by atoms with Gasteiger partial charge >= 0.3 is 0 Å². The van der Waals surface area contributed by atoms with Crippen molar-refractivity contribution < 1.29 is 4.74 Å². The first kappa shape index (κ1) is 9.83. The predicted molar refractivity (Wildman–Crippen MR) is 60.9 cm³/mol. The summed E-state index contributed by atoms with van der Waals surface area (Å²) in [4.78, 5) is 4.28. The number of rotatable bonds is 3. The van der Waals surface area contributed by atoms with Gasteiger partial charge in [0.1, 0.15) is 11.3 Å². The van der Waals surface area contributed by atoms with Gasteiger partial charge in [0.25, 0.3) is 0 Å². The molecule has 1 heterocycles. The van der Waals surface area contributed by atoms with E-state index >= 15 is 0 Å². The number of hydrogen-bond donors (Lipinski definition) is 1. The van der Waals surface area contributed by atoms with E-state index in [-0.39, 0.29) is 0 Å². The predicted octanol–water partition coefficient (Wildman–Crippen LogP) is 1.94. The lowest BCUT2D eigenvalue weighted by molar-refractivity contribution is 0.320. The van der Waals surface area contributed by atoms with Crippen LogP contribution in [0, 0.1) is 0 Å². The molecule has 2 N–H and O–H groups in total. The van der Waals surface area contributed by atoms with Gasteiger partial charge in [0.05, 0.1) is 12.1 Å².